The number of amides is 1. The molecule has 67 heavy (non-hydrogen) atoms. The van der Waals surface area contributed by atoms with Crippen molar-refractivity contribution >= 4 is 62.5 Å². The number of aromatic nitrogens is 3. The van der Waals surface area contributed by atoms with Crippen LogP contribution >= 0.6 is 0 Å². The van der Waals surface area contributed by atoms with E-state index in [4.69, 9.17) is 22.8 Å². The van der Waals surface area contributed by atoms with E-state index < -0.39 is 75.2 Å². The molecule has 16 nitrogen and oxygen atoms in total. The average molecular weight is 988 g/mol. The number of fused-ring (bicyclic) bond motifs is 4. The van der Waals surface area contributed by atoms with Crippen molar-refractivity contribution < 1.29 is 57.4 Å². The van der Waals surface area contributed by atoms with Crippen LogP contribution in [-0.4, -0.2) is 103 Å². The van der Waals surface area contributed by atoms with E-state index >= 15 is 8.78 Å². The van der Waals surface area contributed by atoms with Crippen LogP contribution < -0.4 is 13.8 Å². The normalized spacial score (nSPS) is 19.0. The second-order valence-corrected chi connectivity index (χ2v) is 27.7. The lowest BCUT2D eigenvalue weighted by Gasteiger charge is -2.42. The predicted molar refractivity (Wildman–Crippen MR) is 251 cm³/mol. The van der Waals surface area contributed by atoms with E-state index in [1.807, 2.05) is 4.90 Å². The van der Waals surface area contributed by atoms with E-state index in [1.54, 1.807) is 25.7 Å². The predicted octanol–water partition coefficient (Wildman–Crippen LogP) is 9.14. The quantitative estimate of drug-likeness (QED) is 0.0727. The third-order valence-electron chi connectivity index (χ3n) is 13.6. The fourth-order valence-electron chi connectivity index (χ4n) is 10.3. The van der Waals surface area contributed by atoms with E-state index in [2.05, 4.69) is 63.0 Å². The summed E-state index contributed by atoms with van der Waals surface area (Å²) < 4.78 is 124. The molecule has 1 aliphatic carbocycles. The van der Waals surface area contributed by atoms with Gasteiger partial charge in [0.15, 0.2) is 11.6 Å². The molecule has 3 aliphatic rings. The van der Waals surface area contributed by atoms with Crippen molar-refractivity contribution in [2.24, 2.45) is 5.41 Å². The molecule has 2 bridgehead atoms. The Morgan fingerprint density at radius 2 is 1.57 bits per heavy atom. The number of hydrogen-bond acceptors (Lipinski definition) is 13. The van der Waals surface area contributed by atoms with Crippen LogP contribution in [-0.2, 0) is 29.7 Å². The van der Waals surface area contributed by atoms with Gasteiger partial charge in [-0.25, -0.2) is 17.8 Å². The summed E-state index contributed by atoms with van der Waals surface area (Å²) >= 11 is 0. The summed E-state index contributed by atoms with van der Waals surface area (Å²) in [6, 6.07) is 3.30. The lowest BCUT2D eigenvalue weighted by Crippen LogP contribution is -2.57. The minimum absolute atomic E-state index is 0.00856. The fraction of sp³-hybridized carbons (Fsp3) is 0.565. The Morgan fingerprint density at radius 3 is 2.10 bits per heavy atom. The van der Waals surface area contributed by atoms with Gasteiger partial charge in [0.05, 0.1) is 41.3 Å². The van der Waals surface area contributed by atoms with Gasteiger partial charge in [-0.15, -0.1) is 5.54 Å². The zero-order valence-electron chi connectivity index (χ0n) is 39.6. The Bertz CT molecular complexity index is 2880. The first-order chi connectivity index (χ1) is 31.1. The average Bonchev–Trinajstić information content (AvgIpc) is 3.94. The summed E-state index contributed by atoms with van der Waals surface area (Å²) in [6.07, 6.45) is 2.10. The monoisotopic (exact) mass is 987 g/mol. The number of aryl methyl sites for hydroxylation is 1. The maximum atomic E-state index is 18.0. The molecule has 2 saturated heterocycles. The van der Waals surface area contributed by atoms with E-state index in [0.29, 0.717) is 31.1 Å². The molecule has 2 N–H and O–H groups in total. The van der Waals surface area contributed by atoms with Crippen LogP contribution in [0.25, 0.3) is 32.9 Å². The third kappa shape index (κ3) is 10.1. The molecular weight excluding hydrogens is 929 g/mol. The molecule has 2 aliphatic heterocycles. The molecule has 2 aromatic carbocycles. The van der Waals surface area contributed by atoms with Gasteiger partial charge < -0.3 is 18.6 Å². The van der Waals surface area contributed by atoms with Gasteiger partial charge in [-0.1, -0.05) is 53.5 Å². The van der Waals surface area contributed by atoms with Crippen molar-refractivity contribution in [3.63, 3.8) is 0 Å². The van der Waals surface area contributed by atoms with Crippen LogP contribution in [0.5, 0.6) is 11.8 Å². The summed E-state index contributed by atoms with van der Waals surface area (Å²) in [6.45, 7) is 21.2. The van der Waals surface area contributed by atoms with E-state index in [-0.39, 0.29) is 93.2 Å². The summed E-state index contributed by atoms with van der Waals surface area (Å²) in [5.74, 6) is 0.966. The Labute approximate surface area is 392 Å². The van der Waals surface area contributed by atoms with Crippen LogP contribution in [0.1, 0.15) is 106 Å². The van der Waals surface area contributed by atoms with Gasteiger partial charge in [0.25, 0.3) is 0 Å². The van der Waals surface area contributed by atoms with Gasteiger partial charge >= 0.3 is 32.9 Å². The highest BCUT2D eigenvalue weighted by molar-refractivity contribution is 7.81. The minimum atomic E-state index is -5.26. The van der Waals surface area contributed by atoms with Gasteiger partial charge in [0.1, 0.15) is 36.5 Å². The topological polar surface area (TPSA) is 208 Å². The number of hydrogen-bond donors (Lipinski definition) is 2. The molecule has 2 aromatic heterocycles. The molecule has 4 heterocycles. The second-order valence-electron chi connectivity index (χ2n) is 20.1. The zero-order valence-corrected chi connectivity index (χ0v) is 42.2. The van der Waals surface area contributed by atoms with Crippen molar-refractivity contribution in [3.8, 4) is 34.5 Å². The number of carbonyl (C=O) groups excluding carboxylic acids is 1. The molecular formula is C46H59F2N5O11S2Si. The third-order valence-corrected chi connectivity index (χ3v) is 20.8. The Morgan fingerprint density at radius 1 is 0.955 bits per heavy atom. The number of piperazine rings is 1. The number of nitrogens with zero attached hydrogens (tertiary/aromatic N) is 5. The Hall–Kier alpha value is -4.72. The maximum absolute atomic E-state index is 18.0. The minimum Gasteiger partial charge on any atom is -0.463 e. The van der Waals surface area contributed by atoms with Gasteiger partial charge in [-0.3, -0.25) is 19.0 Å². The van der Waals surface area contributed by atoms with Crippen LogP contribution in [0, 0.1) is 35.4 Å². The summed E-state index contributed by atoms with van der Waals surface area (Å²) in [5, 5.41) is 0.463. The Balaban J connectivity index is 1.45. The van der Waals surface area contributed by atoms with Crippen molar-refractivity contribution in [3.05, 3.63) is 47.2 Å². The highest BCUT2D eigenvalue weighted by atomic mass is 32.3. The smallest absolute Gasteiger partial charge is 0.446 e. The first-order valence-electron chi connectivity index (χ1n) is 22.4. The van der Waals surface area contributed by atoms with Gasteiger partial charge in [0.2, 0.25) is 0 Å². The number of ether oxygens (including phenoxy) is 2. The molecule has 364 valence electrons. The molecule has 3 unspecified atom stereocenters. The standard InChI is InChI=1S/C46H59F2N5O11S2Si/c1-25(2)67(26(3)4,27(5)6)19-16-33-35(47)15-12-30-20-28(7)41(64-66(58,59)60)37(36(30)33)40-38(48)39-34(21-49-40)42(51-43(50-39)61-24-46(17-18-46)29(8)63-65(55,56)57)52-22-31-13-14-32(23-52)53(31)44(54)62-45(9,10)11/h12,15,20-21,25-27,29,31-32H,13-14,17-18,22-24H2,1-11H3,(H,55,56,57)(H,58,59,60). The van der Waals surface area contributed by atoms with Crippen LogP contribution in [0.2, 0.25) is 16.6 Å². The SMILES string of the molecule is Cc1cc2ccc(F)c(C#C[Si](C(C)C)(C(C)C)C(C)C)c2c(-c2ncc3c(N4CC5CCC(C4)N5C(=O)OC(C)(C)C)nc(OCC4(C(C)OS(=O)(=O)O)CC4)nc3c2F)c1OS(=O)(=O)O. The molecule has 0 radical (unpaired) electrons. The van der Waals surface area contributed by atoms with Crippen molar-refractivity contribution in [1.29, 1.82) is 0 Å². The molecule has 1 amide bonds. The molecule has 1 saturated carbocycles. The van der Waals surface area contributed by atoms with E-state index in [1.165, 1.54) is 38.2 Å². The molecule has 21 heteroatoms. The van der Waals surface area contributed by atoms with Gasteiger partial charge in [-0.2, -0.15) is 26.8 Å². The number of benzene rings is 2. The van der Waals surface area contributed by atoms with Crippen LogP contribution in [0.4, 0.5) is 19.4 Å². The van der Waals surface area contributed by atoms with Crippen LogP contribution in [0.15, 0.2) is 24.4 Å². The number of pyridine rings is 1. The molecule has 7 rings (SSSR count). The summed E-state index contributed by atoms with van der Waals surface area (Å²) in [7, 11) is -12.6. The zero-order chi connectivity index (χ0) is 49.3. The molecule has 3 fully saturated rings. The number of rotatable bonds is 13. The molecule has 3 atom stereocenters. The van der Waals surface area contributed by atoms with Crippen molar-refractivity contribution in [2.75, 3.05) is 24.6 Å². The van der Waals surface area contributed by atoms with Crippen molar-refractivity contribution in [1.82, 2.24) is 19.9 Å². The largest absolute Gasteiger partial charge is 0.463 e. The van der Waals surface area contributed by atoms with E-state index in [0.717, 1.165) is 0 Å². The summed E-state index contributed by atoms with van der Waals surface area (Å²) in [5.41, 5.74) is 1.26. The number of carbonyl (C=O) groups is 1. The lowest BCUT2D eigenvalue weighted by atomic mass is 9.93. The highest BCUT2D eigenvalue weighted by Gasteiger charge is 2.51. The lowest BCUT2D eigenvalue weighted by molar-refractivity contribution is 0.0122. The number of halogens is 2. The maximum Gasteiger partial charge on any atom is 0.446 e. The Kier molecular flexibility index (Phi) is 13.5. The first kappa shape index (κ1) is 50.2. The molecule has 0 spiro atoms. The van der Waals surface area contributed by atoms with Gasteiger partial charge in [0, 0.05) is 30.1 Å². The molecule has 4 aromatic rings. The number of anilines is 1. The van der Waals surface area contributed by atoms with Crippen molar-refractivity contribution in [2.45, 2.75) is 142 Å². The van der Waals surface area contributed by atoms with Crippen LogP contribution in [0.3, 0.4) is 0 Å². The van der Waals surface area contributed by atoms with E-state index in [9.17, 15) is 30.7 Å². The highest BCUT2D eigenvalue weighted by Crippen LogP contribution is 2.51. The summed E-state index contributed by atoms with van der Waals surface area (Å²) in [4.78, 5) is 30.9. The second kappa shape index (κ2) is 18.0. The fourth-order valence-corrected chi connectivity index (χ4v) is 16.5. The van der Waals surface area contributed by atoms with Gasteiger partial charge in [-0.05, 0) is 100 Å². The first-order valence-corrected chi connectivity index (χ1v) is 27.4.